The largest absolute Gasteiger partial charge is 0.478 e. The van der Waals surface area contributed by atoms with Crippen LogP contribution in [0.15, 0.2) is 39.9 Å². The lowest BCUT2D eigenvalue weighted by Gasteiger charge is -2.25. The molecule has 152 valence electrons. The monoisotopic (exact) mass is 401 g/mol. The summed E-state index contributed by atoms with van der Waals surface area (Å²) in [7, 11) is 0. The first-order chi connectivity index (χ1) is 13.9. The van der Waals surface area contributed by atoms with Gasteiger partial charge >= 0.3 is 11.9 Å². The highest BCUT2D eigenvalue weighted by Gasteiger charge is 2.15. The molecule has 1 aliphatic rings. The number of furan rings is 1. The Morgan fingerprint density at radius 3 is 2.34 bits per heavy atom. The number of carboxylic acid groups (broad SMARTS) is 2. The van der Waals surface area contributed by atoms with Crippen molar-refractivity contribution in [2.45, 2.75) is 0 Å². The lowest BCUT2D eigenvalue weighted by Crippen LogP contribution is -2.42. The first-order valence-corrected chi connectivity index (χ1v) is 8.76. The molecule has 3 N–H and O–H groups in total. The van der Waals surface area contributed by atoms with Crippen LogP contribution in [0.3, 0.4) is 0 Å². The highest BCUT2D eigenvalue weighted by Crippen LogP contribution is 2.24. The van der Waals surface area contributed by atoms with Gasteiger partial charge in [0.05, 0.1) is 37.1 Å². The summed E-state index contributed by atoms with van der Waals surface area (Å²) in [5.74, 6) is -2.17. The summed E-state index contributed by atoms with van der Waals surface area (Å²) in [6.07, 6.45) is 1.31. The average molecular weight is 401 g/mol. The summed E-state index contributed by atoms with van der Waals surface area (Å²) in [6, 6.07) is 6.84. The van der Waals surface area contributed by atoms with Crippen molar-refractivity contribution in [2.75, 3.05) is 32.8 Å². The molecule has 1 aromatic heterocycles. The topological polar surface area (TPSA) is 142 Å². The lowest BCUT2D eigenvalue weighted by molar-refractivity contribution is -0.123. The van der Waals surface area contributed by atoms with Gasteiger partial charge in [-0.15, -0.1) is 0 Å². The van der Waals surface area contributed by atoms with E-state index < -0.39 is 11.9 Å². The molecule has 0 atom stereocenters. The van der Waals surface area contributed by atoms with E-state index in [1.807, 2.05) is 4.90 Å². The normalized spacial score (nSPS) is 14.8. The number of nitrogens with one attached hydrogen (secondary N) is 1. The fraction of sp³-hybridized carbons (Fsp3) is 0.263. The molecule has 2 aromatic rings. The fourth-order valence-electron chi connectivity index (χ4n) is 2.76. The van der Waals surface area contributed by atoms with Gasteiger partial charge in [0.15, 0.2) is 0 Å². The number of carboxylic acids is 2. The molecule has 3 rings (SSSR count). The van der Waals surface area contributed by atoms with Crippen molar-refractivity contribution < 1.29 is 33.8 Å². The molecule has 1 saturated heterocycles. The number of morpholine rings is 1. The van der Waals surface area contributed by atoms with Gasteiger partial charge in [0, 0.05) is 18.7 Å². The molecule has 1 aliphatic heterocycles. The quantitative estimate of drug-likeness (QED) is 0.463. The summed E-state index contributed by atoms with van der Waals surface area (Å²) < 4.78 is 10.8. The molecule has 0 spiro atoms. The number of hydrogen-bond acceptors (Lipinski definition) is 7. The van der Waals surface area contributed by atoms with Gasteiger partial charge in [-0.3, -0.25) is 9.69 Å². The third-order valence-corrected chi connectivity index (χ3v) is 4.19. The Labute approximate surface area is 165 Å². The number of hydrogen-bond donors (Lipinski definition) is 3. The minimum absolute atomic E-state index is 0.165. The first kappa shape index (κ1) is 20.2. The van der Waals surface area contributed by atoms with E-state index in [0.717, 1.165) is 6.07 Å². The molecule has 1 amide bonds. The van der Waals surface area contributed by atoms with E-state index in [4.69, 9.17) is 19.4 Å². The van der Waals surface area contributed by atoms with E-state index in [1.54, 1.807) is 12.1 Å². The number of carbonyl (C=O) groups excluding carboxylic acids is 1. The Balaban J connectivity index is 1.66. The minimum Gasteiger partial charge on any atom is -0.478 e. The molecule has 29 heavy (non-hydrogen) atoms. The molecule has 10 nitrogen and oxygen atoms in total. The van der Waals surface area contributed by atoms with Crippen molar-refractivity contribution in [1.29, 1.82) is 0 Å². The van der Waals surface area contributed by atoms with Gasteiger partial charge in [-0.1, -0.05) is 0 Å². The van der Waals surface area contributed by atoms with Crippen molar-refractivity contribution in [3.63, 3.8) is 0 Å². The van der Waals surface area contributed by atoms with Gasteiger partial charge < -0.3 is 19.4 Å². The van der Waals surface area contributed by atoms with Gasteiger partial charge in [-0.25, -0.2) is 15.0 Å². The number of benzene rings is 1. The number of ether oxygens (including phenoxy) is 1. The smallest absolute Gasteiger partial charge is 0.335 e. The third kappa shape index (κ3) is 5.50. The molecule has 0 radical (unpaired) electrons. The SMILES string of the molecule is O=C(CN1CCOCC1)N/N=C\c1ccc(-c2cc(C(=O)O)cc(C(=O)O)c2)o1. The number of carbonyl (C=O) groups is 3. The van der Waals surface area contributed by atoms with E-state index in [-0.39, 0.29) is 29.3 Å². The van der Waals surface area contributed by atoms with Gasteiger partial charge in [0.25, 0.3) is 5.91 Å². The molecule has 1 aromatic carbocycles. The Bertz CT molecular complexity index is 913. The Hall–Kier alpha value is -3.50. The summed E-state index contributed by atoms with van der Waals surface area (Å²) in [5, 5.41) is 22.2. The van der Waals surface area contributed by atoms with E-state index in [0.29, 0.717) is 37.6 Å². The summed E-state index contributed by atoms with van der Waals surface area (Å²) in [4.78, 5) is 36.3. The zero-order valence-corrected chi connectivity index (χ0v) is 15.3. The molecular weight excluding hydrogens is 382 g/mol. The van der Waals surface area contributed by atoms with Gasteiger partial charge in [-0.05, 0) is 30.3 Å². The summed E-state index contributed by atoms with van der Waals surface area (Å²) >= 11 is 0. The predicted molar refractivity (Wildman–Crippen MR) is 101 cm³/mol. The maximum Gasteiger partial charge on any atom is 0.335 e. The molecule has 0 aliphatic carbocycles. The van der Waals surface area contributed by atoms with Crippen LogP contribution >= 0.6 is 0 Å². The second-order valence-electron chi connectivity index (χ2n) is 6.29. The van der Waals surface area contributed by atoms with Crippen molar-refractivity contribution >= 4 is 24.1 Å². The molecule has 0 unspecified atom stereocenters. The predicted octanol–water partition coefficient (Wildman–Crippen LogP) is 1.13. The van der Waals surface area contributed by atoms with E-state index >= 15 is 0 Å². The van der Waals surface area contributed by atoms with Crippen LogP contribution in [0, 0.1) is 0 Å². The minimum atomic E-state index is -1.24. The maximum atomic E-state index is 11.9. The Morgan fingerprint density at radius 1 is 1.07 bits per heavy atom. The van der Waals surface area contributed by atoms with Crippen LogP contribution in [-0.4, -0.2) is 72.0 Å². The maximum absolute atomic E-state index is 11.9. The summed E-state index contributed by atoms with van der Waals surface area (Å²) in [6.45, 7) is 2.78. The molecule has 0 saturated carbocycles. The summed E-state index contributed by atoms with van der Waals surface area (Å²) in [5.41, 5.74) is 2.38. The Morgan fingerprint density at radius 2 is 1.72 bits per heavy atom. The van der Waals surface area contributed by atoms with Crippen LogP contribution in [0.1, 0.15) is 26.5 Å². The zero-order chi connectivity index (χ0) is 20.8. The number of amides is 1. The number of rotatable bonds is 7. The van der Waals surface area contributed by atoms with Crippen molar-refractivity contribution in [1.82, 2.24) is 10.3 Å². The first-order valence-electron chi connectivity index (χ1n) is 8.76. The highest BCUT2D eigenvalue weighted by molar-refractivity contribution is 5.96. The second-order valence-corrected chi connectivity index (χ2v) is 6.29. The van der Waals surface area contributed by atoms with Gasteiger partial charge in [-0.2, -0.15) is 5.10 Å². The van der Waals surface area contributed by atoms with Crippen molar-refractivity contribution in [3.8, 4) is 11.3 Å². The van der Waals surface area contributed by atoms with Crippen LogP contribution in [0.4, 0.5) is 0 Å². The standard InChI is InChI=1S/C19H19N3O7/c23-17(11-22-3-5-28-6-4-22)21-20-10-15-1-2-16(29-15)12-7-13(18(24)25)9-14(8-12)19(26)27/h1-2,7-10H,3-6,11H2,(H,21,23)(H,24,25)(H,26,27)/b20-10-. The number of hydrazone groups is 1. The van der Waals surface area contributed by atoms with Gasteiger partial charge in [0.2, 0.25) is 0 Å². The van der Waals surface area contributed by atoms with Crippen LogP contribution in [0.5, 0.6) is 0 Å². The lowest BCUT2D eigenvalue weighted by atomic mass is 10.0. The highest BCUT2D eigenvalue weighted by atomic mass is 16.5. The molecule has 0 bridgehead atoms. The van der Waals surface area contributed by atoms with E-state index in [9.17, 15) is 14.4 Å². The van der Waals surface area contributed by atoms with E-state index in [1.165, 1.54) is 18.3 Å². The molecular formula is C19H19N3O7. The molecule has 1 fully saturated rings. The van der Waals surface area contributed by atoms with E-state index in [2.05, 4.69) is 10.5 Å². The number of aromatic carboxylic acids is 2. The van der Waals surface area contributed by atoms with Crippen LogP contribution in [0.2, 0.25) is 0 Å². The van der Waals surface area contributed by atoms with Crippen molar-refractivity contribution in [3.05, 3.63) is 47.2 Å². The number of nitrogens with zero attached hydrogens (tertiary/aromatic N) is 2. The van der Waals surface area contributed by atoms with Crippen molar-refractivity contribution in [2.24, 2.45) is 5.10 Å². The molecule has 2 heterocycles. The van der Waals surface area contributed by atoms with Crippen LogP contribution in [-0.2, 0) is 9.53 Å². The van der Waals surface area contributed by atoms with Gasteiger partial charge in [0.1, 0.15) is 11.5 Å². The zero-order valence-electron chi connectivity index (χ0n) is 15.3. The molecule has 10 heteroatoms. The average Bonchev–Trinajstić information content (AvgIpc) is 3.17. The third-order valence-electron chi connectivity index (χ3n) is 4.19. The van der Waals surface area contributed by atoms with Crippen LogP contribution < -0.4 is 5.43 Å². The van der Waals surface area contributed by atoms with Crippen LogP contribution in [0.25, 0.3) is 11.3 Å². The Kier molecular flexibility index (Phi) is 6.37. The second kappa shape index (κ2) is 9.13. The fourth-order valence-corrected chi connectivity index (χ4v) is 2.76.